The molecule has 192 valence electrons. The van der Waals surface area contributed by atoms with Crippen molar-refractivity contribution in [3.05, 3.63) is 138 Å². The van der Waals surface area contributed by atoms with Crippen LogP contribution in [0.4, 0.5) is 0 Å². The van der Waals surface area contributed by atoms with Gasteiger partial charge in [-0.05, 0) is 0 Å². The van der Waals surface area contributed by atoms with E-state index >= 15 is 0 Å². The molecule has 0 amide bonds. The second-order valence-corrected chi connectivity index (χ2v) is 14.3. The minimum absolute atomic E-state index is 0.571. The molecule has 3 rings (SSSR count). The second kappa shape index (κ2) is 13.2. The third kappa shape index (κ3) is 6.45. The molecule has 0 saturated carbocycles. The molecule has 37 heavy (non-hydrogen) atoms. The zero-order valence-electron chi connectivity index (χ0n) is 22.5. The van der Waals surface area contributed by atoms with Crippen LogP contribution in [-0.4, -0.2) is 12.6 Å². The van der Waals surface area contributed by atoms with Gasteiger partial charge in [-0.15, -0.1) is 0 Å². The molecule has 0 saturated heterocycles. The predicted octanol–water partition coefficient (Wildman–Crippen LogP) is 7.80. The summed E-state index contributed by atoms with van der Waals surface area (Å²) in [6, 6.07) is 30.7. The molecule has 0 heterocycles. The van der Waals surface area contributed by atoms with E-state index in [9.17, 15) is 4.79 Å². The minimum atomic E-state index is -3.65. The normalized spacial score (nSPS) is 13.6. The third-order valence-electron chi connectivity index (χ3n) is 6.78. The molecule has 3 aromatic carbocycles. The average molecular weight is 511 g/mol. The van der Waals surface area contributed by atoms with E-state index in [2.05, 4.69) is 94.5 Å². The molecule has 3 aromatic rings. The number of allylic oxidation sites excluding steroid dienone is 8. The van der Waals surface area contributed by atoms with Gasteiger partial charge >= 0.3 is 223 Å². The molecule has 3 heteroatoms. The van der Waals surface area contributed by atoms with Gasteiger partial charge in [-0.1, -0.05) is 0 Å². The summed E-state index contributed by atoms with van der Waals surface area (Å²) in [5.41, 5.74) is 3.83. The summed E-state index contributed by atoms with van der Waals surface area (Å²) < 4.78 is 6.50. The zero-order chi connectivity index (χ0) is 26.6. The second-order valence-electron chi connectivity index (χ2n) is 9.74. The first-order valence-electron chi connectivity index (χ1n) is 12.9. The number of benzene rings is 3. The van der Waals surface area contributed by atoms with E-state index in [-0.39, 0.29) is 0 Å². The fourth-order valence-electron chi connectivity index (χ4n) is 4.74. The number of carbonyl (C=O) groups is 1. The maximum absolute atomic E-state index is 12.3. The van der Waals surface area contributed by atoms with Gasteiger partial charge < -0.3 is 0 Å². The fraction of sp³-hybridized carbons (Fsp3) is 0.206. The Morgan fingerprint density at radius 2 is 1.22 bits per heavy atom. The standard InChI is InChI=1S/C34H39O2P/c1-29(2)16-14-17-30(3)18-15-19-31(4)26-27-37(36-28-35,32-20-8-5-9-21-32,33-22-10-6-11-23-33)34-24-12-7-13-25-34/h5-13,15-16,18-26,28H,14,17,27H2,1-4H3. The van der Waals surface area contributed by atoms with Crippen LogP contribution in [0.3, 0.4) is 0 Å². The van der Waals surface area contributed by atoms with E-state index < -0.39 is 6.83 Å². The van der Waals surface area contributed by atoms with E-state index in [1.807, 2.05) is 54.6 Å². The van der Waals surface area contributed by atoms with Crippen LogP contribution >= 0.6 is 6.83 Å². The maximum atomic E-state index is 12.3. The summed E-state index contributed by atoms with van der Waals surface area (Å²) in [5, 5.41) is 3.09. The third-order valence-corrected chi connectivity index (χ3v) is 12.4. The Morgan fingerprint density at radius 3 is 1.65 bits per heavy atom. The van der Waals surface area contributed by atoms with Crippen LogP contribution in [0.15, 0.2) is 138 Å². The molecule has 0 fully saturated rings. The van der Waals surface area contributed by atoms with Crippen LogP contribution in [0.2, 0.25) is 0 Å². The molecule has 0 unspecified atom stereocenters. The van der Waals surface area contributed by atoms with Gasteiger partial charge in [-0.2, -0.15) is 0 Å². The summed E-state index contributed by atoms with van der Waals surface area (Å²) in [7, 11) is 0. The molecule has 0 radical (unpaired) electrons. The van der Waals surface area contributed by atoms with Crippen LogP contribution in [0.5, 0.6) is 0 Å². The Labute approximate surface area is 223 Å². The molecule has 0 aliphatic carbocycles. The Kier molecular flexibility index (Phi) is 10.0. The molecule has 0 spiro atoms. The van der Waals surface area contributed by atoms with E-state index in [1.165, 1.54) is 11.1 Å². The van der Waals surface area contributed by atoms with E-state index in [1.54, 1.807) is 0 Å². The average Bonchev–Trinajstić information content (AvgIpc) is 2.92. The van der Waals surface area contributed by atoms with Crippen molar-refractivity contribution < 1.29 is 9.32 Å². The van der Waals surface area contributed by atoms with E-state index in [0.29, 0.717) is 12.6 Å². The van der Waals surface area contributed by atoms with Crippen LogP contribution in [0, 0.1) is 0 Å². The van der Waals surface area contributed by atoms with Crippen molar-refractivity contribution in [1.82, 2.24) is 0 Å². The molecule has 0 atom stereocenters. The first-order chi connectivity index (χ1) is 17.9. The predicted molar refractivity (Wildman–Crippen MR) is 162 cm³/mol. The first-order valence-corrected chi connectivity index (χ1v) is 15.2. The van der Waals surface area contributed by atoms with E-state index in [4.69, 9.17) is 4.52 Å². The summed E-state index contributed by atoms with van der Waals surface area (Å²) in [4.78, 5) is 12.3. The molecule has 0 aromatic heterocycles. The molecule has 0 aliphatic rings. The zero-order valence-corrected chi connectivity index (χ0v) is 23.4. The summed E-state index contributed by atoms with van der Waals surface area (Å²) in [6.07, 6.45) is 13.6. The van der Waals surface area contributed by atoms with Gasteiger partial charge in [0.1, 0.15) is 0 Å². The summed E-state index contributed by atoms with van der Waals surface area (Å²) in [6.45, 7) is 5.55. The molecular formula is C34H39O2P. The molecule has 0 N–H and O–H groups in total. The molecule has 2 nitrogen and oxygen atoms in total. The van der Waals surface area contributed by atoms with Crippen molar-refractivity contribution in [2.75, 3.05) is 6.16 Å². The van der Waals surface area contributed by atoms with Crippen molar-refractivity contribution in [3.63, 3.8) is 0 Å². The first kappa shape index (κ1) is 28.1. The molecule has 0 aliphatic heterocycles. The molecular weight excluding hydrogens is 471 g/mol. The van der Waals surface area contributed by atoms with Crippen molar-refractivity contribution in [3.8, 4) is 0 Å². The van der Waals surface area contributed by atoms with Crippen molar-refractivity contribution >= 4 is 29.2 Å². The van der Waals surface area contributed by atoms with E-state index in [0.717, 1.165) is 34.3 Å². The van der Waals surface area contributed by atoms with Gasteiger partial charge in [-0.25, -0.2) is 0 Å². The Hall–Kier alpha value is -3.48. The quantitative estimate of drug-likeness (QED) is 0.108. The van der Waals surface area contributed by atoms with Crippen LogP contribution < -0.4 is 15.9 Å². The van der Waals surface area contributed by atoms with Gasteiger partial charge in [0, 0.05) is 0 Å². The van der Waals surface area contributed by atoms with Crippen LogP contribution in [0.1, 0.15) is 40.5 Å². The van der Waals surface area contributed by atoms with Gasteiger partial charge in [0.15, 0.2) is 0 Å². The van der Waals surface area contributed by atoms with Crippen molar-refractivity contribution in [2.24, 2.45) is 0 Å². The van der Waals surface area contributed by atoms with Crippen LogP contribution in [-0.2, 0) is 9.32 Å². The Bertz CT molecular complexity index is 1170. The van der Waals surface area contributed by atoms with Gasteiger partial charge in [0.25, 0.3) is 0 Å². The SMILES string of the molecule is CC(C)=CCCC(C)=CC=CC(C)=CCP(OC=O)(c1ccccc1)(c1ccccc1)c1ccccc1. The Morgan fingerprint density at radius 1 is 0.730 bits per heavy atom. The summed E-state index contributed by atoms with van der Waals surface area (Å²) in [5.74, 6) is 0. The van der Waals surface area contributed by atoms with Gasteiger partial charge in [-0.3, -0.25) is 0 Å². The van der Waals surface area contributed by atoms with Gasteiger partial charge in [0.2, 0.25) is 0 Å². The van der Waals surface area contributed by atoms with Crippen LogP contribution in [0.25, 0.3) is 0 Å². The van der Waals surface area contributed by atoms with Gasteiger partial charge in [0.05, 0.1) is 0 Å². The number of hydrogen-bond donors (Lipinski definition) is 0. The topological polar surface area (TPSA) is 26.3 Å². The number of rotatable bonds is 12. The number of hydrogen-bond acceptors (Lipinski definition) is 2. The number of carbonyl (C=O) groups excluding carboxylic acids is 1. The van der Waals surface area contributed by atoms with Crippen molar-refractivity contribution in [1.29, 1.82) is 0 Å². The Balaban J connectivity index is 2.12. The van der Waals surface area contributed by atoms with Crippen molar-refractivity contribution in [2.45, 2.75) is 40.5 Å². The molecule has 0 bridgehead atoms. The monoisotopic (exact) mass is 510 g/mol. The fourth-order valence-corrected chi connectivity index (χ4v) is 9.95. The summed E-state index contributed by atoms with van der Waals surface area (Å²) >= 11 is 0.